The average Bonchev–Trinajstić information content (AvgIpc) is 0.764. The minimum absolute atomic E-state index is 0.00532. The molecular formula is C120H226O17. The summed E-state index contributed by atoms with van der Waals surface area (Å²) in [5.41, 5.74) is 0. The zero-order valence-electron chi connectivity index (χ0n) is 91.1. The Labute approximate surface area is 845 Å². The lowest BCUT2D eigenvalue weighted by atomic mass is 9.96. The maximum absolute atomic E-state index is 15.1. The Morgan fingerprint density at radius 3 is 0.569 bits per heavy atom. The lowest BCUT2D eigenvalue weighted by molar-refractivity contribution is -0.358. The van der Waals surface area contributed by atoms with Gasteiger partial charge in [-0.15, -0.1) is 0 Å². The van der Waals surface area contributed by atoms with Crippen molar-refractivity contribution in [3.8, 4) is 0 Å². The van der Waals surface area contributed by atoms with Crippen LogP contribution < -0.4 is 0 Å². The molecule has 2 saturated heterocycles. The number of aliphatic hydroxyl groups excluding tert-OH is 2. The van der Waals surface area contributed by atoms with Crippen molar-refractivity contribution in [1.29, 1.82) is 0 Å². The lowest BCUT2D eigenvalue weighted by Gasteiger charge is -2.48. The van der Waals surface area contributed by atoms with Gasteiger partial charge in [0.2, 0.25) is 12.4 Å². The van der Waals surface area contributed by atoms with Gasteiger partial charge in [-0.1, -0.05) is 581 Å². The maximum Gasteiger partial charge on any atom is 0.308 e. The average molecular weight is 1940 g/mol. The van der Waals surface area contributed by atoms with Crippen molar-refractivity contribution in [2.75, 3.05) is 13.2 Å². The first-order chi connectivity index (χ1) is 67.4. The SMILES string of the molecule is CCCCCCCCCCCCCCCCCC(=O)OC[C@H]1O[C@H](OC(=O)CCCCCCCCCCCCCCCCC)[C@H](OC(=O)CCCCCCCCCCCCCCCCC)[C@@H](OC(=O)CCCCCCCCCCCCCCCCC)[C@@H]1O[C@H]1O[C@H](CO)[C@@H](O)[C@H](OC(=O)CCCCCCCCCCCCCCCCC)[C@H]1OC(=O)CCCCCCCCCCCCCCCCC. The van der Waals surface area contributed by atoms with Crippen molar-refractivity contribution in [3.05, 3.63) is 0 Å². The van der Waals surface area contributed by atoms with Crippen molar-refractivity contribution in [3.63, 3.8) is 0 Å². The van der Waals surface area contributed by atoms with Crippen LogP contribution in [0, 0.1) is 0 Å². The van der Waals surface area contributed by atoms with Crippen LogP contribution >= 0.6 is 0 Å². The smallest absolute Gasteiger partial charge is 0.308 e. The molecule has 808 valence electrons. The highest BCUT2D eigenvalue weighted by Gasteiger charge is 2.57. The number of hydrogen-bond donors (Lipinski definition) is 2. The Morgan fingerprint density at radius 2 is 0.358 bits per heavy atom. The molecule has 0 spiro atoms. The van der Waals surface area contributed by atoms with Gasteiger partial charge < -0.3 is 52.8 Å². The Kier molecular flexibility index (Phi) is 94.6. The molecule has 137 heavy (non-hydrogen) atoms. The predicted octanol–water partition coefficient (Wildman–Crippen LogP) is 35.5. The Balaban J connectivity index is 2.74. The summed E-state index contributed by atoms with van der Waals surface area (Å²) in [7, 11) is 0. The monoisotopic (exact) mass is 1940 g/mol. The second kappa shape index (κ2) is 99.9. The predicted molar refractivity (Wildman–Crippen MR) is 569 cm³/mol. The summed E-state index contributed by atoms with van der Waals surface area (Å²) in [5.74, 6) is -3.67. The molecule has 10 atom stereocenters. The molecule has 0 unspecified atom stereocenters. The number of esters is 6. The van der Waals surface area contributed by atoms with E-state index in [4.69, 9.17) is 42.6 Å². The van der Waals surface area contributed by atoms with E-state index in [0.29, 0.717) is 38.5 Å². The highest BCUT2D eigenvalue weighted by molar-refractivity contribution is 5.72. The van der Waals surface area contributed by atoms with E-state index in [1.54, 1.807) is 0 Å². The van der Waals surface area contributed by atoms with Gasteiger partial charge in [0.05, 0.1) is 6.61 Å². The summed E-state index contributed by atoms with van der Waals surface area (Å²) in [4.78, 5) is 88.2. The van der Waals surface area contributed by atoms with Crippen molar-refractivity contribution >= 4 is 35.8 Å². The van der Waals surface area contributed by atoms with Gasteiger partial charge in [0.25, 0.3) is 0 Å². The first-order valence-electron chi connectivity index (χ1n) is 60.8. The quantitative estimate of drug-likeness (QED) is 0.0328. The second-order valence-electron chi connectivity index (χ2n) is 42.5. The van der Waals surface area contributed by atoms with Gasteiger partial charge in [-0.25, -0.2) is 0 Å². The largest absolute Gasteiger partial charge is 0.463 e. The molecule has 0 saturated carbocycles. The third kappa shape index (κ3) is 78.6. The molecule has 2 N–H and O–H groups in total. The number of unbranched alkanes of at least 4 members (excludes halogenated alkanes) is 84. The van der Waals surface area contributed by atoms with Crippen LogP contribution in [0.3, 0.4) is 0 Å². The Morgan fingerprint density at radius 1 is 0.190 bits per heavy atom. The fraction of sp³-hybridized carbons (Fsp3) is 0.950. The Hall–Kier alpha value is -3.38. The standard InChI is InChI=1S/C120H226O17/c1-7-13-19-25-31-37-43-49-55-61-67-73-79-85-91-97-107(122)129-104-106-114(137-120-117(134-110(125)100-94-88-82-76-70-64-58-52-46-40-34-28-22-16-10-4)115(113(128)105(103-121)130-120)132-108(123)98-92-86-80-74-68-62-56-50-44-38-32-26-20-14-8-2)116(133-109(124)99-93-87-81-75-69-63-57-51-45-39-33-27-21-15-9-3)118(135-111(126)101-95-89-83-77-71-65-59-53-47-41-35-29-23-17-11-5)119(131-106)136-112(127)102-96-90-84-78-72-66-60-54-48-42-36-30-24-18-12-6/h105-106,113-121,128H,7-104H2,1-6H3/t105-,106-,113-,114-,115+,116+,117-,118-,119-,120-/m1/s1. The van der Waals surface area contributed by atoms with Crippen LogP contribution in [0.4, 0.5) is 0 Å². The van der Waals surface area contributed by atoms with Gasteiger partial charge in [-0.05, 0) is 38.5 Å². The fourth-order valence-electron chi connectivity index (χ4n) is 20.2. The molecule has 0 radical (unpaired) electrons. The number of rotatable bonds is 106. The summed E-state index contributed by atoms with van der Waals surface area (Å²) >= 11 is 0. The highest BCUT2D eigenvalue weighted by Crippen LogP contribution is 2.37. The third-order valence-corrected chi connectivity index (χ3v) is 29.3. The first-order valence-corrected chi connectivity index (χ1v) is 60.8. The molecule has 17 nitrogen and oxygen atoms in total. The van der Waals surface area contributed by atoms with E-state index >= 15 is 4.79 Å². The topological polar surface area (TPSA) is 226 Å². The van der Waals surface area contributed by atoms with E-state index in [2.05, 4.69) is 41.5 Å². The van der Waals surface area contributed by atoms with Gasteiger partial charge >= 0.3 is 35.8 Å². The van der Waals surface area contributed by atoms with Crippen LogP contribution in [0.2, 0.25) is 0 Å². The summed E-state index contributed by atoms with van der Waals surface area (Å²) in [5, 5.41) is 23.7. The van der Waals surface area contributed by atoms with Crippen LogP contribution in [0.1, 0.15) is 658 Å². The van der Waals surface area contributed by atoms with Gasteiger partial charge in [-0.3, -0.25) is 28.8 Å². The maximum atomic E-state index is 15.1. The molecule has 2 aliphatic rings. The molecular weight excluding hydrogens is 1710 g/mol. The van der Waals surface area contributed by atoms with Crippen molar-refractivity contribution in [1.82, 2.24) is 0 Å². The van der Waals surface area contributed by atoms with Gasteiger partial charge in [-0.2, -0.15) is 0 Å². The van der Waals surface area contributed by atoms with Gasteiger partial charge in [0.15, 0.2) is 24.6 Å². The number of carbonyl (C=O) groups is 6. The van der Waals surface area contributed by atoms with Crippen molar-refractivity contribution in [2.24, 2.45) is 0 Å². The van der Waals surface area contributed by atoms with Crippen LogP contribution in [0.5, 0.6) is 0 Å². The normalized spacial score (nSPS) is 18.3. The second-order valence-corrected chi connectivity index (χ2v) is 42.5. The van der Waals surface area contributed by atoms with E-state index in [1.807, 2.05) is 0 Å². The first kappa shape index (κ1) is 130. The number of hydrogen-bond acceptors (Lipinski definition) is 17. The molecule has 2 heterocycles. The summed E-state index contributed by atoms with van der Waals surface area (Å²) in [6.45, 7) is 12.3. The molecule has 17 heteroatoms. The number of ether oxygens (including phenoxy) is 9. The molecule has 0 bridgehead atoms. The van der Waals surface area contributed by atoms with Crippen molar-refractivity contribution in [2.45, 2.75) is 719 Å². The van der Waals surface area contributed by atoms with Gasteiger partial charge in [0.1, 0.15) is 31.0 Å². The van der Waals surface area contributed by atoms with Crippen LogP contribution in [0.25, 0.3) is 0 Å². The zero-order chi connectivity index (χ0) is 98.9. The van der Waals surface area contributed by atoms with E-state index < -0.39 is 110 Å². The zero-order valence-corrected chi connectivity index (χ0v) is 91.1. The van der Waals surface area contributed by atoms with Crippen molar-refractivity contribution < 1.29 is 81.6 Å². The van der Waals surface area contributed by atoms with Crippen LogP contribution in [0.15, 0.2) is 0 Å². The van der Waals surface area contributed by atoms with E-state index in [-0.39, 0.29) is 38.5 Å². The third-order valence-electron chi connectivity index (χ3n) is 29.3. The van der Waals surface area contributed by atoms with E-state index in [9.17, 15) is 34.2 Å². The molecule has 2 rings (SSSR count). The minimum Gasteiger partial charge on any atom is -0.463 e. The minimum atomic E-state index is -1.78. The van der Waals surface area contributed by atoms with E-state index in [1.165, 1.54) is 385 Å². The molecule has 0 amide bonds. The lowest BCUT2D eigenvalue weighted by Crippen LogP contribution is -2.67. The molecule has 2 fully saturated rings. The van der Waals surface area contributed by atoms with E-state index in [0.717, 1.165) is 154 Å². The molecule has 0 aromatic carbocycles. The summed E-state index contributed by atoms with van der Waals surface area (Å²) in [6.07, 6.45) is 87.8. The molecule has 0 aromatic rings. The highest BCUT2D eigenvalue weighted by atomic mass is 16.8. The Bertz CT molecular complexity index is 2620. The number of carbonyl (C=O) groups excluding carboxylic acids is 6. The fourth-order valence-corrected chi connectivity index (χ4v) is 20.2. The molecule has 0 aliphatic carbocycles. The van der Waals surface area contributed by atoms with Crippen LogP contribution in [-0.4, -0.2) is 121 Å². The van der Waals surface area contributed by atoms with Crippen LogP contribution in [-0.2, 0) is 71.4 Å². The summed E-state index contributed by atoms with van der Waals surface area (Å²) in [6, 6.07) is 0. The molecule has 0 aromatic heterocycles. The van der Waals surface area contributed by atoms with Gasteiger partial charge in [0, 0.05) is 38.5 Å². The molecule has 2 aliphatic heterocycles. The summed E-state index contributed by atoms with van der Waals surface area (Å²) < 4.78 is 59.6. The number of aliphatic hydroxyl groups is 2.